The van der Waals surface area contributed by atoms with Crippen LogP contribution in [0.1, 0.15) is 36.9 Å². The highest BCUT2D eigenvalue weighted by molar-refractivity contribution is 6.30. The highest BCUT2D eigenvalue weighted by Gasteiger charge is 2.38. The standard InChI is InChI=1S/C19H21ClN4O3/c1-12-21-18(27-22-12)13-6-8-23(9-7-13)19(26)14-10-17(25)24(11-14)16-4-2-15(20)3-5-16/h2-5,13-14H,6-11H2,1H3. The maximum atomic E-state index is 12.9. The molecule has 8 heteroatoms. The van der Waals surface area contributed by atoms with Gasteiger partial charge in [-0.3, -0.25) is 9.59 Å². The number of benzene rings is 1. The van der Waals surface area contributed by atoms with E-state index in [9.17, 15) is 9.59 Å². The number of aromatic nitrogens is 2. The van der Waals surface area contributed by atoms with Crippen LogP contribution in [0.4, 0.5) is 5.69 Å². The van der Waals surface area contributed by atoms with Gasteiger partial charge in [0.15, 0.2) is 5.82 Å². The summed E-state index contributed by atoms with van der Waals surface area (Å²) in [6.07, 6.45) is 1.86. The van der Waals surface area contributed by atoms with Crippen LogP contribution in [0.2, 0.25) is 5.02 Å². The van der Waals surface area contributed by atoms with Crippen LogP contribution in [0, 0.1) is 12.8 Å². The van der Waals surface area contributed by atoms with Gasteiger partial charge in [-0.15, -0.1) is 0 Å². The number of rotatable bonds is 3. The molecule has 1 aromatic carbocycles. The molecule has 0 aliphatic carbocycles. The third-order valence-corrected chi connectivity index (χ3v) is 5.56. The van der Waals surface area contributed by atoms with Crippen molar-refractivity contribution in [2.24, 2.45) is 5.92 Å². The Morgan fingerprint density at radius 3 is 2.56 bits per heavy atom. The second-order valence-corrected chi connectivity index (χ2v) is 7.60. The van der Waals surface area contributed by atoms with E-state index in [0.29, 0.717) is 36.4 Å². The average molecular weight is 389 g/mol. The summed E-state index contributed by atoms with van der Waals surface area (Å²) in [6, 6.07) is 7.13. The van der Waals surface area contributed by atoms with E-state index in [-0.39, 0.29) is 30.1 Å². The fraction of sp³-hybridized carbons (Fsp3) is 0.474. The Hall–Kier alpha value is -2.41. The summed E-state index contributed by atoms with van der Waals surface area (Å²) in [5, 5.41) is 4.46. The SMILES string of the molecule is Cc1noc(C2CCN(C(=O)C3CC(=O)N(c4ccc(Cl)cc4)C3)CC2)n1. The van der Waals surface area contributed by atoms with Gasteiger partial charge in [-0.1, -0.05) is 16.8 Å². The molecular weight excluding hydrogens is 368 g/mol. The minimum atomic E-state index is -0.296. The van der Waals surface area contributed by atoms with Crippen LogP contribution in [-0.2, 0) is 9.59 Å². The Morgan fingerprint density at radius 2 is 1.93 bits per heavy atom. The first-order chi connectivity index (χ1) is 13.0. The van der Waals surface area contributed by atoms with Crippen molar-refractivity contribution in [1.82, 2.24) is 15.0 Å². The van der Waals surface area contributed by atoms with Gasteiger partial charge in [-0.25, -0.2) is 0 Å². The van der Waals surface area contributed by atoms with Gasteiger partial charge in [0.05, 0.1) is 5.92 Å². The Kier molecular flexibility index (Phi) is 4.86. The molecule has 2 saturated heterocycles. The molecule has 0 bridgehead atoms. The quantitative estimate of drug-likeness (QED) is 0.807. The van der Waals surface area contributed by atoms with Crippen LogP contribution in [-0.4, -0.2) is 46.5 Å². The zero-order chi connectivity index (χ0) is 19.0. The number of anilines is 1. The summed E-state index contributed by atoms with van der Waals surface area (Å²) < 4.78 is 5.26. The van der Waals surface area contributed by atoms with E-state index in [4.69, 9.17) is 16.1 Å². The average Bonchev–Trinajstić information content (AvgIpc) is 3.28. The number of hydrogen-bond acceptors (Lipinski definition) is 5. The Bertz CT molecular complexity index is 843. The fourth-order valence-corrected chi connectivity index (χ4v) is 3.95. The monoisotopic (exact) mass is 388 g/mol. The summed E-state index contributed by atoms with van der Waals surface area (Å²) in [4.78, 5) is 33.1. The van der Waals surface area contributed by atoms with Crippen molar-refractivity contribution < 1.29 is 14.1 Å². The second kappa shape index (κ2) is 7.31. The summed E-state index contributed by atoms with van der Waals surface area (Å²) >= 11 is 5.91. The number of likely N-dealkylation sites (tertiary alicyclic amines) is 1. The molecule has 27 heavy (non-hydrogen) atoms. The molecule has 1 aromatic heterocycles. The highest BCUT2D eigenvalue weighted by Crippen LogP contribution is 2.31. The molecule has 142 valence electrons. The Labute approximate surface area is 162 Å². The molecule has 7 nitrogen and oxygen atoms in total. The zero-order valence-corrected chi connectivity index (χ0v) is 15.9. The normalized spacial score (nSPS) is 21.1. The minimum Gasteiger partial charge on any atom is -0.342 e. The van der Waals surface area contributed by atoms with Crippen LogP contribution in [0.15, 0.2) is 28.8 Å². The third kappa shape index (κ3) is 3.69. The number of amides is 2. The van der Waals surface area contributed by atoms with Gasteiger partial charge in [0.1, 0.15) is 0 Å². The van der Waals surface area contributed by atoms with Crippen molar-refractivity contribution >= 4 is 29.1 Å². The molecule has 2 aromatic rings. The third-order valence-electron chi connectivity index (χ3n) is 5.31. The summed E-state index contributed by atoms with van der Waals surface area (Å²) in [5.41, 5.74) is 0.783. The summed E-state index contributed by atoms with van der Waals surface area (Å²) in [6.45, 7) is 3.52. The van der Waals surface area contributed by atoms with Crippen molar-refractivity contribution in [2.75, 3.05) is 24.5 Å². The van der Waals surface area contributed by atoms with E-state index in [1.54, 1.807) is 24.0 Å². The predicted molar refractivity (Wildman–Crippen MR) is 99.5 cm³/mol. The lowest BCUT2D eigenvalue weighted by atomic mass is 9.95. The molecule has 0 saturated carbocycles. The highest BCUT2D eigenvalue weighted by atomic mass is 35.5. The van der Waals surface area contributed by atoms with E-state index in [1.165, 1.54) is 0 Å². The van der Waals surface area contributed by atoms with Crippen LogP contribution in [0.5, 0.6) is 0 Å². The van der Waals surface area contributed by atoms with Crippen molar-refractivity contribution in [3.8, 4) is 0 Å². The topological polar surface area (TPSA) is 79.5 Å². The van der Waals surface area contributed by atoms with Crippen molar-refractivity contribution in [3.63, 3.8) is 0 Å². The molecule has 0 N–H and O–H groups in total. The molecule has 2 aliphatic rings. The van der Waals surface area contributed by atoms with Gasteiger partial charge in [0.2, 0.25) is 17.7 Å². The van der Waals surface area contributed by atoms with Gasteiger partial charge >= 0.3 is 0 Å². The van der Waals surface area contributed by atoms with E-state index < -0.39 is 0 Å². The lowest BCUT2D eigenvalue weighted by Crippen LogP contribution is -2.42. The van der Waals surface area contributed by atoms with Gasteiger partial charge in [-0.05, 0) is 44.0 Å². The van der Waals surface area contributed by atoms with E-state index in [0.717, 1.165) is 18.5 Å². The molecule has 2 aliphatic heterocycles. The first-order valence-electron chi connectivity index (χ1n) is 9.16. The lowest BCUT2D eigenvalue weighted by molar-refractivity contribution is -0.136. The number of halogens is 1. The largest absolute Gasteiger partial charge is 0.342 e. The maximum absolute atomic E-state index is 12.9. The second-order valence-electron chi connectivity index (χ2n) is 7.16. The lowest BCUT2D eigenvalue weighted by Gasteiger charge is -2.32. The van der Waals surface area contributed by atoms with Gasteiger partial charge in [0, 0.05) is 42.7 Å². The van der Waals surface area contributed by atoms with Crippen LogP contribution < -0.4 is 4.90 Å². The Morgan fingerprint density at radius 1 is 1.22 bits per heavy atom. The number of piperidine rings is 1. The van der Waals surface area contributed by atoms with Crippen molar-refractivity contribution in [2.45, 2.75) is 32.1 Å². The van der Waals surface area contributed by atoms with E-state index in [1.807, 2.05) is 17.0 Å². The minimum absolute atomic E-state index is 0.0214. The molecule has 4 rings (SSSR count). The van der Waals surface area contributed by atoms with Crippen LogP contribution in [0.25, 0.3) is 0 Å². The molecule has 1 atom stereocenters. The van der Waals surface area contributed by atoms with Gasteiger partial charge in [-0.2, -0.15) is 4.98 Å². The van der Waals surface area contributed by atoms with Crippen LogP contribution >= 0.6 is 11.6 Å². The van der Waals surface area contributed by atoms with Crippen molar-refractivity contribution in [3.05, 3.63) is 41.0 Å². The number of hydrogen-bond donors (Lipinski definition) is 0. The molecular formula is C19H21ClN4O3. The molecule has 0 spiro atoms. The summed E-state index contributed by atoms with van der Waals surface area (Å²) in [5.74, 6) is 1.23. The first kappa shape index (κ1) is 18.0. The van der Waals surface area contributed by atoms with E-state index in [2.05, 4.69) is 10.1 Å². The molecule has 1 unspecified atom stereocenters. The number of carbonyl (C=O) groups is 2. The molecule has 0 radical (unpaired) electrons. The smallest absolute Gasteiger partial charge is 0.229 e. The maximum Gasteiger partial charge on any atom is 0.229 e. The first-order valence-corrected chi connectivity index (χ1v) is 9.54. The number of aryl methyl sites for hydroxylation is 1. The number of nitrogens with zero attached hydrogens (tertiary/aromatic N) is 4. The van der Waals surface area contributed by atoms with Crippen LogP contribution in [0.3, 0.4) is 0 Å². The molecule has 2 fully saturated rings. The van der Waals surface area contributed by atoms with Gasteiger partial charge in [0.25, 0.3) is 0 Å². The molecule has 2 amide bonds. The summed E-state index contributed by atoms with van der Waals surface area (Å²) in [7, 11) is 0. The number of carbonyl (C=O) groups excluding carboxylic acids is 2. The molecule has 3 heterocycles. The van der Waals surface area contributed by atoms with Crippen molar-refractivity contribution in [1.29, 1.82) is 0 Å². The Balaban J connectivity index is 1.36. The van der Waals surface area contributed by atoms with E-state index >= 15 is 0 Å². The van der Waals surface area contributed by atoms with Gasteiger partial charge < -0.3 is 14.3 Å². The fourth-order valence-electron chi connectivity index (χ4n) is 3.83. The predicted octanol–water partition coefficient (Wildman–Crippen LogP) is 2.79. The zero-order valence-electron chi connectivity index (χ0n) is 15.1.